The lowest BCUT2D eigenvalue weighted by molar-refractivity contribution is -0.386. The number of hydrogen-bond donors (Lipinski definition) is 1. The van der Waals surface area contributed by atoms with Crippen molar-refractivity contribution in [3.63, 3.8) is 0 Å². The molecule has 17 heavy (non-hydrogen) atoms. The average molecular weight is 238 g/mol. The maximum Gasteiger partial charge on any atom is 0.314 e. The zero-order valence-corrected chi connectivity index (χ0v) is 8.98. The van der Waals surface area contributed by atoms with Crippen LogP contribution in [0, 0.1) is 10.1 Å². The molecule has 1 aromatic carbocycles. The summed E-state index contributed by atoms with van der Waals surface area (Å²) >= 11 is 0. The molecule has 0 fully saturated rings. The largest absolute Gasteiger partial charge is 0.490 e. The van der Waals surface area contributed by atoms with Gasteiger partial charge in [-0.15, -0.1) is 0 Å². The van der Waals surface area contributed by atoms with E-state index in [1.54, 1.807) is 0 Å². The van der Waals surface area contributed by atoms with Gasteiger partial charge < -0.3 is 9.84 Å². The fourth-order valence-electron chi connectivity index (χ4n) is 1.43. The standard InChI is InChI=1S/C9H10N4O4/c1-17-8-4-2-3-6(9(8)13(15)16)7(5-14)11-12-10/h2-4,7,14H,5H2,1H3. The molecule has 8 nitrogen and oxygen atoms in total. The van der Waals surface area contributed by atoms with E-state index in [4.69, 9.17) is 15.4 Å². The van der Waals surface area contributed by atoms with E-state index in [9.17, 15) is 10.1 Å². The second-order valence-corrected chi connectivity index (χ2v) is 3.06. The van der Waals surface area contributed by atoms with Crippen molar-refractivity contribution in [1.82, 2.24) is 0 Å². The number of azide groups is 1. The Morgan fingerprint density at radius 1 is 1.71 bits per heavy atom. The molecule has 0 saturated heterocycles. The van der Waals surface area contributed by atoms with Gasteiger partial charge in [0.2, 0.25) is 0 Å². The number of aliphatic hydroxyl groups is 1. The van der Waals surface area contributed by atoms with E-state index >= 15 is 0 Å². The molecule has 0 aliphatic rings. The lowest BCUT2D eigenvalue weighted by Gasteiger charge is -2.10. The lowest BCUT2D eigenvalue weighted by Crippen LogP contribution is -2.05. The molecular weight excluding hydrogens is 228 g/mol. The normalized spacial score (nSPS) is 11.4. The summed E-state index contributed by atoms with van der Waals surface area (Å²) in [4.78, 5) is 12.8. The quantitative estimate of drug-likeness (QED) is 0.277. The summed E-state index contributed by atoms with van der Waals surface area (Å²) in [5.74, 6) is 0.0547. The number of hydrogen-bond acceptors (Lipinski definition) is 5. The minimum absolute atomic E-state index is 0.0547. The number of nitro benzene ring substituents is 1. The zero-order valence-electron chi connectivity index (χ0n) is 8.98. The molecule has 8 heteroatoms. The van der Waals surface area contributed by atoms with Crippen molar-refractivity contribution in [3.05, 3.63) is 44.3 Å². The van der Waals surface area contributed by atoms with Gasteiger partial charge in [0, 0.05) is 10.5 Å². The number of rotatable bonds is 5. The van der Waals surface area contributed by atoms with Crippen LogP contribution in [0.5, 0.6) is 5.75 Å². The first-order valence-corrected chi connectivity index (χ1v) is 4.62. The highest BCUT2D eigenvalue weighted by Gasteiger charge is 2.25. The van der Waals surface area contributed by atoms with Gasteiger partial charge in [0.1, 0.15) is 0 Å². The van der Waals surface area contributed by atoms with Crippen molar-refractivity contribution >= 4 is 5.69 Å². The predicted molar refractivity (Wildman–Crippen MR) is 58.6 cm³/mol. The molecule has 0 radical (unpaired) electrons. The van der Waals surface area contributed by atoms with E-state index < -0.39 is 17.6 Å². The van der Waals surface area contributed by atoms with Crippen LogP contribution in [0.2, 0.25) is 0 Å². The Labute approximate surface area is 96.2 Å². The SMILES string of the molecule is COc1cccc(C(CO)N=[N+]=[N-])c1[N+](=O)[O-]. The summed E-state index contributed by atoms with van der Waals surface area (Å²) < 4.78 is 4.86. The van der Waals surface area contributed by atoms with Gasteiger partial charge in [-0.25, -0.2) is 0 Å². The molecule has 1 unspecified atom stereocenters. The first-order valence-electron chi connectivity index (χ1n) is 4.62. The molecule has 1 aromatic rings. The van der Waals surface area contributed by atoms with E-state index in [1.165, 1.54) is 25.3 Å². The third-order valence-electron chi connectivity index (χ3n) is 2.16. The van der Waals surface area contributed by atoms with Crippen molar-refractivity contribution in [1.29, 1.82) is 0 Å². The van der Waals surface area contributed by atoms with Crippen molar-refractivity contribution in [2.75, 3.05) is 13.7 Å². The van der Waals surface area contributed by atoms with Gasteiger partial charge in [-0.1, -0.05) is 17.2 Å². The first kappa shape index (κ1) is 12.8. The fourth-order valence-corrected chi connectivity index (χ4v) is 1.43. The second kappa shape index (κ2) is 5.69. The summed E-state index contributed by atoms with van der Waals surface area (Å²) in [5.41, 5.74) is 8.15. The molecule has 0 aliphatic heterocycles. The van der Waals surface area contributed by atoms with Crippen LogP contribution >= 0.6 is 0 Å². The van der Waals surface area contributed by atoms with Crippen LogP contribution in [0.15, 0.2) is 23.3 Å². The Morgan fingerprint density at radius 3 is 2.88 bits per heavy atom. The maximum absolute atomic E-state index is 10.9. The predicted octanol–water partition coefficient (Wildman–Crippen LogP) is 1.95. The summed E-state index contributed by atoms with van der Waals surface area (Å²) in [7, 11) is 1.30. The third-order valence-corrected chi connectivity index (χ3v) is 2.16. The maximum atomic E-state index is 10.9. The Morgan fingerprint density at radius 2 is 2.41 bits per heavy atom. The van der Waals surface area contributed by atoms with Crippen LogP contribution < -0.4 is 4.74 Å². The summed E-state index contributed by atoms with van der Waals surface area (Å²) in [6, 6.07) is 3.36. The van der Waals surface area contributed by atoms with E-state index in [-0.39, 0.29) is 17.0 Å². The molecule has 0 saturated carbocycles. The van der Waals surface area contributed by atoms with Gasteiger partial charge in [0.25, 0.3) is 0 Å². The average Bonchev–Trinajstić information content (AvgIpc) is 2.34. The Bertz CT molecular complexity index is 470. The Balaban J connectivity index is 3.40. The van der Waals surface area contributed by atoms with E-state index in [0.717, 1.165) is 0 Å². The third kappa shape index (κ3) is 2.63. The second-order valence-electron chi connectivity index (χ2n) is 3.06. The monoisotopic (exact) mass is 238 g/mol. The summed E-state index contributed by atoms with van der Waals surface area (Å²) in [6.07, 6.45) is 0. The number of para-hydroxylation sites is 1. The number of nitrogens with zero attached hydrogens (tertiary/aromatic N) is 4. The van der Waals surface area contributed by atoms with Gasteiger partial charge in [-0.05, 0) is 11.6 Å². The Hall–Kier alpha value is -2.31. The van der Waals surface area contributed by atoms with Gasteiger partial charge in [0.05, 0.1) is 24.7 Å². The van der Waals surface area contributed by atoms with Crippen LogP contribution in [0.3, 0.4) is 0 Å². The van der Waals surface area contributed by atoms with E-state index in [2.05, 4.69) is 10.0 Å². The van der Waals surface area contributed by atoms with Gasteiger partial charge in [0.15, 0.2) is 5.75 Å². The van der Waals surface area contributed by atoms with E-state index in [1.807, 2.05) is 0 Å². The number of aliphatic hydroxyl groups excluding tert-OH is 1. The molecule has 0 heterocycles. The highest BCUT2D eigenvalue weighted by Crippen LogP contribution is 2.35. The molecular formula is C9H10N4O4. The van der Waals surface area contributed by atoms with Gasteiger partial charge >= 0.3 is 5.69 Å². The number of benzene rings is 1. The Kier molecular flexibility index (Phi) is 4.27. The van der Waals surface area contributed by atoms with Crippen molar-refractivity contribution in [2.45, 2.75) is 6.04 Å². The topological polar surface area (TPSA) is 121 Å². The van der Waals surface area contributed by atoms with Gasteiger partial charge in [-0.3, -0.25) is 10.1 Å². The van der Waals surface area contributed by atoms with Crippen LogP contribution in [0.4, 0.5) is 5.69 Å². The highest BCUT2D eigenvalue weighted by atomic mass is 16.6. The molecule has 90 valence electrons. The highest BCUT2D eigenvalue weighted by molar-refractivity contribution is 5.54. The molecule has 1 rings (SSSR count). The molecule has 0 aromatic heterocycles. The van der Waals surface area contributed by atoms with Crippen molar-refractivity contribution < 1.29 is 14.8 Å². The van der Waals surface area contributed by atoms with Crippen molar-refractivity contribution in [3.8, 4) is 5.75 Å². The molecule has 0 bridgehead atoms. The van der Waals surface area contributed by atoms with Crippen LogP contribution in [-0.4, -0.2) is 23.7 Å². The number of methoxy groups -OCH3 is 1. The van der Waals surface area contributed by atoms with E-state index in [0.29, 0.717) is 0 Å². The molecule has 0 spiro atoms. The van der Waals surface area contributed by atoms with Crippen LogP contribution in [-0.2, 0) is 0 Å². The smallest absolute Gasteiger partial charge is 0.314 e. The molecule has 0 aliphatic carbocycles. The molecule has 1 atom stereocenters. The van der Waals surface area contributed by atoms with Crippen LogP contribution in [0.1, 0.15) is 11.6 Å². The zero-order chi connectivity index (χ0) is 12.8. The fraction of sp³-hybridized carbons (Fsp3) is 0.333. The number of ether oxygens (including phenoxy) is 1. The van der Waals surface area contributed by atoms with Crippen molar-refractivity contribution in [2.24, 2.45) is 5.11 Å². The van der Waals surface area contributed by atoms with Crippen LogP contribution in [0.25, 0.3) is 10.4 Å². The minimum atomic E-state index is -1.00. The molecule has 0 amide bonds. The lowest BCUT2D eigenvalue weighted by atomic mass is 10.1. The first-order chi connectivity index (χ1) is 8.15. The van der Waals surface area contributed by atoms with Gasteiger partial charge in [-0.2, -0.15) is 0 Å². The minimum Gasteiger partial charge on any atom is -0.490 e. The molecule has 1 N–H and O–H groups in total. The summed E-state index contributed by atoms with van der Waals surface area (Å²) in [5, 5.41) is 23.3. The number of nitro groups is 1. The summed E-state index contributed by atoms with van der Waals surface area (Å²) in [6.45, 7) is -0.516.